The van der Waals surface area contributed by atoms with Crippen molar-refractivity contribution in [2.45, 2.75) is 50.7 Å². The topological polar surface area (TPSA) is 0 Å². The van der Waals surface area contributed by atoms with Gasteiger partial charge in [-0.05, 0) is 0 Å². The molecule has 0 saturated carbocycles. The summed E-state index contributed by atoms with van der Waals surface area (Å²) in [5.41, 5.74) is 9.76. The van der Waals surface area contributed by atoms with Gasteiger partial charge in [-0.1, -0.05) is 0 Å². The van der Waals surface area contributed by atoms with Crippen LogP contribution in [-0.2, 0) is 20.4 Å². The van der Waals surface area contributed by atoms with Crippen LogP contribution in [0.4, 0.5) is 0 Å². The minimum absolute atomic E-state index is 0. The Balaban J connectivity index is 0.00000243. The van der Waals surface area contributed by atoms with E-state index in [1.165, 1.54) is 39.0 Å². The fraction of sp³-hybridized carbons (Fsp3) is 0.333. The maximum atomic E-state index is 2.41. The fourth-order valence-corrected chi connectivity index (χ4v) is 5.40. The Bertz CT molecular complexity index is 778. The summed E-state index contributed by atoms with van der Waals surface area (Å²) in [7, 11) is 0. The van der Waals surface area contributed by atoms with Crippen molar-refractivity contribution in [3.8, 4) is 0 Å². The van der Waals surface area contributed by atoms with Crippen molar-refractivity contribution in [1.29, 1.82) is 0 Å². The maximum Gasteiger partial charge on any atom is -1.00 e. The molecule has 2 aromatic carbocycles. The molecule has 0 saturated heterocycles. The molecule has 1 unspecified atom stereocenters. The second kappa shape index (κ2) is 11.0. The summed E-state index contributed by atoms with van der Waals surface area (Å²) in [6.45, 7) is 11.1. The summed E-state index contributed by atoms with van der Waals surface area (Å²) < 4.78 is 0.0369. The molecule has 0 bridgehead atoms. The first-order valence-electron chi connectivity index (χ1n) is 9.13. The Labute approximate surface area is 200 Å². The zero-order valence-electron chi connectivity index (χ0n) is 17.1. The number of rotatable bonds is 4. The van der Waals surface area contributed by atoms with Crippen LogP contribution in [-0.4, -0.2) is 0 Å². The Kier molecular flexibility index (Phi) is 10.9. The summed E-state index contributed by atoms with van der Waals surface area (Å²) in [6.07, 6.45) is 8.07. The summed E-state index contributed by atoms with van der Waals surface area (Å²) in [6, 6.07) is 14.0. The van der Waals surface area contributed by atoms with Gasteiger partial charge in [0.15, 0.2) is 0 Å². The normalized spacial score (nSPS) is 17.5. The zero-order valence-corrected chi connectivity index (χ0v) is 20.9. The maximum absolute atomic E-state index is 2.41. The van der Waals surface area contributed by atoms with Crippen LogP contribution in [0.15, 0.2) is 60.2 Å². The number of aryl methyl sites for hydroxylation is 4. The molecular formula is C24H27Cl3Ti. The number of allylic oxidation sites excluding steroid dienone is 4. The Morgan fingerprint density at radius 1 is 0.750 bits per heavy atom. The van der Waals surface area contributed by atoms with Crippen LogP contribution in [0.5, 0.6) is 0 Å². The predicted octanol–water partition coefficient (Wildman–Crippen LogP) is -2.32. The largest absolute Gasteiger partial charge is 1.00 e. The van der Waals surface area contributed by atoms with Crippen LogP contribution in [0.25, 0.3) is 0 Å². The molecule has 0 radical (unpaired) electrons. The fourth-order valence-electron chi connectivity index (χ4n) is 4.32. The third-order valence-corrected chi connectivity index (χ3v) is 6.39. The van der Waals surface area contributed by atoms with Gasteiger partial charge in [0.25, 0.3) is 0 Å². The standard InChI is InChI=1S/C24H27.3ClH.Ti/c1-6-20-8-7-9-23(20)24(21-12-16(2)10-17(3)13-21)22-14-18(4)11-19(5)15-22;;;;/h7-15,24H,6H2,1-5H3;3*1H;/q;;;;+3/p-3. The van der Waals surface area contributed by atoms with Gasteiger partial charge >= 0.3 is 165 Å². The van der Waals surface area contributed by atoms with Gasteiger partial charge in [-0.15, -0.1) is 0 Å². The van der Waals surface area contributed by atoms with Gasteiger partial charge in [-0.3, -0.25) is 0 Å². The minimum Gasteiger partial charge on any atom is -1.00 e. The van der Waals surface area contributed by atoms with Gasteiger partial charge in [0.05, 0.1) is 0 Å². The molecule has 1 aliphatic carbocycles. The Morgan fingerprint density at radius 3 is 1.50 bits per heavy atom. The van der Waals surface area contributed by atoms with Gasteiger partial charge in [0.1, 0.15) is 0 Å². The first-order chi connectivity index (χ1) is 11.8. The van der Waals surface area contributed by atoms with E-state index in [9.17, 15) is 0 Å². The van der Waals surface area contributed by atoms with Gasteiger partial charge in [-0.25, -0.2) is 0 Å². The third-order valence-electron chi connectivity index (χ3n) is 5.18. The van der Waals surface area contributed by atoms with Crippen molar-refractivity contribution in [1.82, 2.24) is 0 Å². The molecule has 0 heterocycles. The predicted molar refractivity (Wildman–Crippen MR) is 104 cm³/mol. The number of halogens is 3. The summed E-state index contributed by atoms with van der Waals surface area (Å²) in [5, 5.41) is 0. The van der Waals surface area contributed by atoms with Crippen LogP contribution in [0, 0.1) is 27.7 Å². The first-order valence-corrected chi connectivity index (χ1v) is 9.92. The van der Waals surface area contributed by atoms with E-state index in [0.29, 0.717) is 5.92 Å². The van der Waals surface area contributed by atoms with Crippen molar-refractivity contribution in [2.75, 3.05) is 0 Å². The molecule has 0 amide bonds. The minimum atomic E-state index is 0. The van der Waals surface area contributed by atoms with Crippen molar-refractivity contribution < 1.29 is 57.7 Å². The second-order valence-corrected chi connectivity index (χ2v) is 8.84. The van der Waals surface area contributed by atoms with Crippen LogP contribution in [0.3, 0.4) is 0 Å². The van der Waals surface area contributed by atoms with Crippen molar-refractivity contribution >= 4 is 0 Å². The molecule has 28 heavy (non-hydrogen) atoms. The molecule has 0 N–H and O–H groups in total. The molecule has 0 spiro atoms. The van der Waals surface area contributed by atoms with Crippen molar-refractivity contribution in [3.05, 3.63) is 93.6 Å². The Hall–Kier alpha value is -0.496. The third kappa shape index (κ3) is 5.56. The van der Waals surface area contributed by atoms with Crippen LogP contribution < -0.4 is 37.2 Å². The monoisotopic (exact) mass is 468 g/mol. The summed E-state index contributed by atoms with van der Waals surface area (Å²) >= 11 is 2.41. The molecule has 1 aliphatic rings. The van der Waals surface area contributed by atoms with E-state index in [4.69, 9.17) is 0 Å². The molecule has 3 rings (SSSR count). The summed E-state index contributed by atoms with van der Waals surface area (Å²) in [5.74, 6) is 0.342. The molecule has 4 heteroatoms. The van der Waals surface area contributed by atoms with Crippen LogP contribution in [0.1, 0.15) is 52.6 Å². The molecule has 2 aromatic rings. The van der Waals surface area contributed by atoms with Crippen LogP contribution >= 0.6 is 0 Å². The summed E-state index contributed by atoms with van der Waals surface area (Å²) in [4.78, 5) is 0. The van der Waals surface area contributed by atoms with E-state index < -0.39 is 0 Å². The van der Waals surface area contributed by atoms with E-state index in [0.717, 1.165) is 6.42 Å². The average Bonchev–Trinajstić information content (AvgIpc) is 2.86. The van der Waals surface area contributed by atoms with Gasteiger partial charge < -0.3 is 37.2 Å². The van der Waals surface area contributed by atoms with E-state index in [-0.39, 0.29) is 40.9 Å². The smallest absolute Gasteiger partial charge is 1.00 e. The molecule has 148 valence electrons. The first kappa shape index (κ1) is 27.5. The SMILES string of the molecule is CCC1=CC=C[C]1([Ti+3])C(c1cc(C)cc(C)c1)c1cc(C)cc(C)c1.[Cl-].[Cl-].[Cl-]. The van der Waals surface area contributed by atoms with Crippen molar-refractivity contribution in [3.63, 3.8) is 0 Å². The quantitative estimate of drug-likeness (QED) is 0.441. The zero-order chi connectivity index (χ0) is 18.2. The van der Waals surface area contributed by atoms with Gasteiger partial charge in [0.2, 0.25) is 0 Å². The van der Waals surface area contributed by atoms with E-state index in [1.54, 1.807) is 0 Å². The molecule has 0 aromatic heterocycles. The molecular weight excluding hydrogens is 442 g/mol. The number of benzene rings is 2. The molecule has 0 nitrogen and oxygen atoms in total. The molecule has 0 aliphatic heterocycles. The second-order valence-electron chi connectivity index (χ2n) is 7.55. The van der Waals surface area contributed by atoms with Crippen molar-refractivity contribution in [2.24, 2.45) is 0 Å². The Morgan fingerprint density at radius 2 is 1.14 bits per heavy atom. The average molecular weight is 470 g/mol. The number of hydrogen-bond acceptors (Lipinski definition) is 0. The molecule has 1 atom stereocenters. The van der Waals surface area contributed by atoms with E-state index >= 15 is 0 Å². The number of hydrogen-bond donors (Lipinski definition) is 0. The van der Waals surface area contributed by atoms with Crippen LogP contribution in [0.2, 0.25) is 3.72 Å². The van der Waals surface area contributed by atoms with Gasteiger partial charge in [-0.2, -0.15) is 0 Å². The van der Waals surface area contributed by atoms with Gasteiger partial charge in [0, 0.05) is 0 Å². The van der Waals surface area contributed by atoms with E-state index in [1.807, 2.05) is 0 Å². The van der Waals surface area contributed by atoms with E-state index in [2.05, 4.69) is 110 Å². The molecule has 0 fully saturated rings.